The first-order chi connectivity index (χ1) is 8.66. The van der Waals surface area contributed by atoms with E-state index in [0.29, 0.717) is 18.4 Å². The van der Waals surface area contributed by atoms with Gasteiger partial charge in [0.25, 0.3) is 0 Å². The summed E-state index contributed by atoms with van der Waals surface area (Å²) < 4.78 is 0. The zero-order valence-corrected chi connectivity index (χ0v) is 10.9. The van der Waals surface area contributed by atoms with Crippen molar-refractivity contribution in [2.75, 3.05) is 13.1 Å². The zero-order chi connectivity index (χ0) is 13.0. The van der Waals surface area contributed by atoms with E-state index in [1.54, 1.807) is 0 Å². The Kier molecular flexibility index (Phi) is 4.24. The third kappa shape index (κ3) is 3.25. The van der Waals surface area contributed by atoms with Gasteiger partial charge < -0.3 is 10.2 Å². The second kappa shape index (κ2) is 5.90. The largest absolute Gasteiger partial charge is 0.348 e. The Morgan fingerprint density at radius 1 is 1.50 bits per heavy atom. The molecule has 1 fully saturated rings. The number of carbonyl (C=O) groups is 1. The molecule has 0 spiro atoms. The van der Waals surface area contributed by atoms with Gasteiger partial charge in [-0.15, -0.1) is 10.2 Å². The Bertz CT molecular complexity index is 369. The molecule has 0 bridgehead atoms. The summed E-state index contributed by atoms with van der Waals surface area (Å²) in [7, 11) is 0. The molecule has 0 atom stereocenters. The molecule has 0 radical (unpaired) electrons. The zero-order valence-electron chi connectivity index (χ0n) is 10.9. The topological polar surface area (TPSA) is 86.8 Å². The molecular formula is C11H20N6O. The fourth-order valence-electron chi connectivity index (χ4n) is 2.25. The molecule has 1 aliphatic heterocycles. The summed E-state index contributed by atoms with van der Waals surface area (Å²) in [5.74, 6) is 0.734. The summed E-state index contributed by atoms with van der Waals surface area (Å²) in [6, 6.07) is 0.563. The van der Waals surface area contributed by atoms with Crippen molar-refractivity contribution >= 4 is 5.91 Å². The van der Waals surface area contributed by atoms with Gasteiger partial charge in [-0.05, 0) is 39.8 Å². The third-order valence-electron chi connectivity index (χ3n) is 3.44. The monoisotopic (exact) mass is 252 g/mol. The number of H-pyrrole nitrogens is 1. The number of likely N-dealkylation sites (tertiary alicyclic amines) is 1. The SMILES string of the molecule is CC(C)N1CCC(C(=O)NCc2nn[nH]n2)CC1. The summed E-state index contributed by atoms with van der Waals surface area (Å²) in [6.07, 6.45) is 1.85. The van der Waals surface area contributed by atoms with Gasteiger partial charge in [-0.25, -0.2) is 0 Å². The summed E-state index contributed by atoms with van der Waals surface area (Å²) >= 11 is 0. The van der Waals surface area contributed by atoms with Crippen LogP contribution in [-0.4, -0.2) is 50.6 Å². The van der Waals surface area contributed by atoms with Crippen molar-refractivity contribution < 1.29 is 4.79 Å². The number of piperidine rings is 1. The molecule has 2 heterocycles. The molecular weight excluding hydrogens is 232 g/mol. The predicted molar refractivity (Wildman–Crippen MR) is 65.5 cm³/mol. The van der Waals surface area contributed by atoms with Crippen LogP contribution in [0.4, 0.5) is 0 Å². The molecule has 0 aromatic carbocycles. The van der Waals surface area contributed by atoms with E-state index in [1.807, 2.05) is 0 Å². The Labute approximate surface area is 106 Å². The number of amides is 1. The van der Waals surface area contributed by atoms with Gasteiger partial charge in [0, 0.05) is 12.0 Å². The van der Waals surface area contributed by atoms with Gasteiger partial charge in [0.2, 0.25) is 5.91 Å². The lowest BCUT2D eigenvalue weighted by Gasteiger charge is -2.33. The van der Waals surface area contributed by atoms with Gasteiger partial charge in [0.1, 0.15) is 0 Å². The maximum Gasteiger partial charge on any atom is 0.223 e. The van der Waals surface area contributed by atoms with Crippen molar-refractivity contribution in [2.45, 2.75) is 39.3 Å². The standard InChI is InChI=1S/C11H20N6O/c1-8(2)17-5-3-9(4-6-17)11(18)12-7-10-13-15-16-14-10/h8-9H,3-7H2,1-2H3,(H,12,18)(H,13,14,15,16). The van der Waals surface area contributed by atoms with E-state index in [0.717, 1.165) is 25.9 Å². The van der Waals surface area contributed by atoms with Crippen LogP contribution < -0.4 is 5.32 Å². The van der Waals surface area contributed by atoms with E-state index >= 15 is 0 Å². The minimum atomic E-state index is 0.100. The molecule has 2 rings (SSSR count). The number of tetrazole rings is 1. The van der Waals surface area contributed by atoms with Crippen LogP contribution in [0, 0.1) is 5.92 Å². The average Bonchev–Trinajstić information content (AvgIpc) is 2.89. The minimum Gasteiger partial charge on any atom is -0.348 e. The molecule has 2 N–H and O–H groups in total. The summed E-state index contributed by atoms with van der Waals surface area (Å²) in [4.78, 5) is 14.4. The van der Waals surface area contributed by atoms with Gasteiger partial charge in [0.05, 0.1) is 6.54 Å². The Hall–Kier alpha value is -1.50. The normalized spacial score (nSPS) is 18.2. The highest BCUT2D eigenvalue weighted by Gasteiger charge is 2.25. The van der Waals surface area contributed by atoms with Crippen molar-refractivity contribution in [1.82, 2.24) is 30.8 Å². The number of hydrogen-bond acceptors (Lipinski definition) is 5. The first-order valence-corrected chi connectivity index (χ1v) is 6.41. The van der Waals surface area contributed by atoms with E-state index in [-0.39, 0.29) is 11.8 Å². The molecule has 1 saturated heterocycles. The number of hydrogen-bond donors (Lipinski definition) is 2. The number of aromatic amines is 1. The van der Waals surface area contributed by atoms with Crippen molar-refractivity contribution in [3.63, 3.8) is 0 Å². The van der Waals surface area contributed by atoms with E-state index in [1.165, 1.54) is 0 Å². The van der Waals surface area contributed by atoms with Crippen LogP contribution in [-0.2, 0) is 11.3 Å². The maximum atomic E-state index is 12.0. The third-order valence-corrected chi connectivity index (χ3v) is 3.44. The molecule has 0 unspecified atom stereocenters. The fraction of sp³-hybridized carbons (Fsp3) is 0.818. The molecule has 1 aromatic rings. The lowest BCUT2D eigenvalue weighted by atomic mass is 9.95. The quantitative estimate of drug-likeness (QED) is 0.783. The molecule has 1 aliphatic rings. The number of nitrogens with one attached hydrogen (secondary N) is 2. The van der Waals surface area contributed by atoms with Crippen LogP contribution in [0.15, 0.2) is 0 Å². The lowest BCUT2D eigenvalue weighted by molar-refractivity contribution is -0.126. The number of carbonyl (C=O) groups excluding carboxylic acids is 1. The van der Waals surface area contributed by atoms with E-state index < -0.39 is 0 Å². The maximum absolute atomic E-state index is 12.0. The van der Waals surface area contributed by atoms with Crippen molar-refractivity contribution in [2.24, 2.45) is 5.92 Å². The van der Waals surface area contributed by atoms with E-state index in [9.17, 15) is 4.79 Å². The van der Waals surface area contributed by atoms with Crippen LogP contribution in [0.25, 0.3) is 0 Å². The second-order valence-corrected chi connectivity index (χ2v) is 4.95. The van der Waals surface area contributed by atoms with Gasteiger partial charge in [-0.3, -0.25) is 4.79 Å². The molecule has 1 aromatic heterocycles. The van der Waals surface area contributed by atoms with Gasteiger partial charge >= 0.3 is 0 Å². The number of aromatic nitrogens is 4. The average molecular weight is 252 g/mol. The first-order valence-electron chi connectivity index (χ1n) is 6.41. The molecule has 0 aliphatic carbocycles. The smallest absolute Gasteiger partial charge is 0.223 e. The summed E-state index contributed by atoms with van der Waals surface area (Å²) in [5.41, 5.74) is 0. The molecule has 7 heteroatoms. The van der Waals surface area contributed by atoms with Crippen LogP contribution in [0.3, 0.4) is 0 Å². The molecule has 18 heavy (non-hydrogen) atoms. The highest BCUT2D eigenvalue weighted by molar-refractivity contribution is 5.78. The van der Waals surface area contributed by atoms with Gasteiger partial charge in [-0.2, -0.15) is 5.21 Å². The minimum absolute atomic E-state index is 0.100. The molecule has 1 amide bonds. The Balaban J connectivity index is 1.74. The fourth-order valence-corrected chi connectivity index (χ4v) is 2.25. The van der Waals surface area contributed by atoms with Crippen LogP contribution >= 0.6 is 0 Å². The van der Waals surface area contributed by atoms with Crippen LogP contribution in [0.1, 0.15) is 32.5 Å². The highest BCUT2D eigenvalue weighted by atomic mass is 16.1. The first kappa shape index (κ1) is 12.9. The van der Waals surface area contributed by atoms with Crippen molar-refractivity contribution in [3.8, 4) is 0 Å². The predicted octanol–water partition coefficient (Wildman–Crippen LogP) is -0.0637. The summed E-state index contributed by atoms with van der Waals surface area (Å²) in [6.45, 7) is 6.73. The molecule has 0 saturated carbocycles. The van der Waals surface area contributed by atoms with E-state index in [4.69, 9.17) is 0 Å². The second-order valence-electron chi connectivity index (χ2n) is 4.95. The van der Waals surface area contributed by atoms with Gasteiger partial charge in [-0.1, -0.05) is 5.21 Å². The van der Waals surface area contributed by atoms with Crippen LogP contribution in [0.2, 0.25) is 0 Å². The number of nitrogens with zero attached hydrogens (tertiary/aromatic N) is 4. The van der Waals surface area contributed by atoms with Crippen molar-refractivity contribution in [1.29, 1.82) is 0 Å². The highest BCUT2D eigenvalue weighted by Crippen LogP contribution is 2.18. The van der Waals surface area contributed by atoms with Gasteiger partial charge in [0.15, 0.2) is 5.82 Å². The van der Waals surface area contributed by atoms with Crippen molar-refractivity contribution in [3.05, 3.63) is 5.82 Å². The number of rotatable bonds is 4. The summed E-state index contributed by atoms with van der Waals surface area (Å²) in [5, 5.41) is 16.3. The Morgan fingerprint density at radius 3 is 2.78 bits per heavy atom. The van der Waals surface area contributed by atoms with Crippen LogP contribution in [0.5, 0.6) is 0 Å². The Morgan fingerprint density at radius 2 is 2.22 bits per heavy atom. The molecule has 7 nitrogen and oxygen atoms in total. The molecule has 100 valence electrons. The van der Waals surface area contributed by atoms with E-state index in [2.05, 4.69) is 44.7 Å². The lowest BCUT2D eigenvalue weighted by Crippen LogP contribution is -2.43.